The lowest BCUT2D eigenvalue weighted by Crippen LogP contribution is -2.25. The molecule has 0 aromatic heterocycles. The third kappa shape index (κ3) is 5.13. The van der Waals surface area contributed by atoms with Crippen LogP contribution in [0, 0.1) is 28.8 Å². The van der Waals surface area contributed by atoms with Crippen LogP contribution in [0.15, 0.2) is 12.1 Å². The molecule has 0 spiro atoms. The number of amides is 1. The second-order valence-corrected chi connectivity index (χ2v) is 5.53. The number of unbranched alkanes of at least 4 members (excludes halogenated alkanes) is 1. The van der Waals surface area contributed by atoms with E-state index in [4.69, 9.17) is 0 Å². The molecule has 1 rings (SSSR count). The third-order valence-corrected chi connectivity index (χ3v) is 3.19. The first-order valence-corrected chi connectivity index (χ1v) is 7.05. The first kappa shape index (κ1) is 17.1. The van der Waals surface area contributed by atoms with Crippen LogP contribution in [0.2, 0.25) is 0 Å². The monoisotopic (exact) mass is 296 g/mol. The van der Waals surface area contributed by atoms with Crippen molar-refractivity contribution in [3.05, 3.63) is 39.2 Å². The summed E-state index contributed by atoms with van der Waals surface area (Å²) in [7, 11) is 0. The summed E-state index contributed by atoms with van der Waals surface area (Å²) >= 11 is 0. The largest absolute Gasteiger partial charge is 0.352 e. The average molecular weight is 296 g/mol. The van der Waals surface area contributed by atoms with Gasteiger partial charge in [-0.3, -0.25) is 14.9 Å². The summed E-state index contributed by atoms with van der Waals surface area (Å²) in [6.07, 6.45) is 2.86. The number of nitro groups is 1. The van der Waals surface area contributed by atoms with Crippen molar-refractivity contribution in [3.63, 3.8) is 0 Å². The molecule has 0 heterocycles. The normalized spacial score (nSPS) is 10.7. The molecule has 0 aliphatic carbocycles. The van der Waals surface area contributed by atoms with E-state index in [1.54, 1.807) is 0 Å². The highest BCUT2D eigenvalue weighted by Gasteiger charge is 2.19. The predicted octanol–water partition coefficient (Wildman–Crippen LogP) is 3.60. The molecule has 0 saturated heterocycles. The van der Waals surface area contributed by atoms with E-state index in [0.29, 0.717) is 12.5 Å². The summed E-state index contributed by atoms with van der Waals surface area (Å²) in [4.78, 5) is 22.0. The van der Waals surface area contributed by atoms with Gasteiger partial charge in [-0.25, -0.2) is 4.39 Å². The number of carbonyl (C=O) groups excluding carboxylic acids is 1. The molecule has 1 aromatic carbocycles. The van der Waals surface area contributed by atoms with E-state index >= 15 is 0 Å². The molecule has 0 radical (unpaired) electrons. The zero-order valence-corrected chi connectivity index (χ0v) is 12.6. The van der Waals surface area contributed by atoms with Gasteiger partial charge in [-0.2, -0.15) is 0 Å². The third-order valence-electron chi connectivity index (χ3n) is 3.19. The number of carbonyl (C=O) groups is 1. The van der Waals surface area contributed by atoms with E-state index < -0.39 is 16.6 Å². The number of nitro benzene ring substituents is 1. The molecular formula is C15H21FN2O3. The van der Waals surface area contributed by atoms with Gasteiger partial charge in [0.15, 0.2) is 0 Å². The van der Waals surface area contributed by atoms with Gasteiger partial charge >= 0.3 is 0 Å². The van der Waals surface area contributed by atoms with Crippen molar-refractivity contribution in [2.45, 2.75) is 40.0 Å². The van der Waals surface area contributed by atoms with E-state index in [9.17, 15) is 19.3 Å². The zero-order chi connectivity index (χ0) is 16.0. The maximum atomic E-state index is 13.9. The molecule has 5 nitrogen and oxygen atoms in total. The Hall–Kier alpha value is -1.98. The van der Waals surface area contributed by atoms with E-state index in [-0.39, 0.29) is 16.8 Å². The van der Waals surface area contributed by atoms with Crippen LogP contribution in [-0.2, 0) is 0 Å². The molecule has 0 fully saturated rings. The Morgan fingerprint density at radius 3 is 2.62 bits per heavy atom. The molecule has 0 saturated carbocycles. The van der Waals surface area contributed by atoms with Crippen molar-refractivity contribution in [1.82, 2.24) is 5.32 Å². The number of hydrogen-bond acceptors (Lipinski definition) is 3. The van der Waals surface area contributed by atoms with Crippen molar-refractivity contribution in [3.8, 4) is 0 Å². The van der Waals surface area contributed by atoms with Crippen LogP contribution >= 0.6 is 0 Å². The first-order valence-electron chi connectivity index (χ1n) is 7.05. The predicted molar refractivity (Wildman–Crippen MR) is 78.8 cm³/mol. The van der Waals surface area contributed by atoms with Gasteiger partial charge in [0.1, 0.15) is 5.82 Å². The highest BCUT2D eigenvalue weighted by molar-refractivity contribution is 5.95. The van der Waals surface area contributed by atoms with Crippen LogP contribution in [0.4, 0.5) is 10.1 Å². The SMILES string of the molecule is Cc1cc([N+](=O)[O-])cc(C(=O)NCCCCC(C)C)c1F. The minimum absolute atomic E-state index is 0.0918. The van der Waals surface area contributed by atoms with Gasteiger partial charge in [-0.1, -0.05) is 26.7 Å². The van der Waals surface area contributed by atoms with Crippen LogP contribution < -0.4 is 5.32 Å². The maximum absolute atomic E-state index is 13.9. The molecule has 0 atom stereocenters. The van der Waals surface area contributed by atoms with Gasteiger partial charge in [0.05, 0.1) is 10.5 Å². The van der Waals surface area contributed by atoms with Gasteiger partial charge in [-0.15, -0.1) is 0 Å². The summed E-state index contributed by atoms with van der Waals surface area (Å²) < 4.78 is 13.9. The number of nitrogens with zero attached hydrogens (tertiary/aromatic N) is 1. The van der Waals surface area contributed by atoms with E-state index in [1.165, 1.54) is 6.92 Å². The fraction of sp³-hybridized carbons (Fsp3) is 0.533. The van der Waals surface area contributed by atoms with Gasteiger partial charge in [-0.05, 0) is 24.8 Å². The Morgan fingerprint density at radius 2 is 2.05 bits per heavy atom. The van der Waals surface area contributed by atoms with Crippen LogP contribution in [0.25, 0.3) is 0 Å². The van der Waals surface area contributed by atoms with Crippen molar-refractivity contribution >= 4 is 11.6 Å². The van der Waals surface area contributed by atoms with Gasteiger partial charge in [0.25, 0.3) is 11.6 Å². The van der Waals surface area contributed by atoms with E-state index in [2.05, 4.69) is 19.2 Å². The van der Waals surface area contributed by atoms with Crippen LogP contribution in [0.1, 0.15) is 49.0 Å². The molecule has 0 aliphatic rings. The minimum atomic E-state index is -0.708. The molecule has 21 heavy (non-hydrogen) atoms. The summed E-state index contributed by atoms with van der Waals surface area (Å²) in [6.45, 7) is 6.09. The van der Waals surface area contributed by atoms with Gasteiger partial charge in [0, 0.05) is 18.7 Å². The Balaban J connectivity index is 2.67. The lowest BCUT2D eigenvalue weighted by Gasteiger charge is -2.08. The average Bonchev–Trinajstić information content (AvgIpc) is 2.40. The highest BCUT2D eigenvalue weighted by atomic mass is 19.1. The molecule has 0 unspecified atom stereocenters. The molecule has 0 bridgehead atoms. The van der Waals surface area contributed by atoms with E-state index in [1.807, 2.05) is 0 Å². The molecule has 1 amide bonds. The fourth-order valence-corrected chi connectivity index (χ4v) is 2.00. The van der Waals surface area contributed by atoms with Crippen molar-refractivity contribution < 1.29 is 14.1 Å². The summed E-state index contributed by atoms with van der Waals surface area (Å²) in [5.41, 5.74) is -0.460. The van der Waals surface area contributed by atoms with Crippen LogP contribution in [-0.4, -0.2) is 17.4 Å². The number of non-ortho nitro benzene ring substituents is 1. The second kappa shape index (κ2) is 7.71. The first-order chi connectivity index (χ1) is 9.82. The van der Waals surface area contributed by atoms with Crippen molar-refractivity contribution in [2.75, 3.05) is 6.54 Å². The topological polar surface area (TPSA) is 72.2 Å². The number of nitrogens with one attached hydrogen (secondary N) is 1. The lowest BCUT2D eigenvalue weighted by atomic mass is 10.1. The summed E-state index contributed by atoms with van der Waals surface area (Å²) in [5, 5.41) is 13.4. The number of aryl methyl sites for hydroxylation is 1. The molecule has 116 valence electrons. The van der Waals surface area contributed by atoms with Gasteiger partial charge < -0.3 is 5.32 Å². The molecule has 1 aromatic rings. The molecule has 6 heteroatoms. The number of rotatable bonds is 7. The summed E-state index contributed by atoms with van der Waals surface area (Å²) in [5.74, 6) is -0.707. The van der Waals surface area contributed by atoms with Crippen LogP contribution in [0.3, 0.4) is 0 Å². The Morgan fingerprint density at radius 1 is 1.38 bits per heavy atom. The van der Waals surface area contributed by atoms with Crippen molar-refractivity contribution in [2.24, 2.45) is 5.92 Å². The number of hydrogen-bond donors (Lipinski definition) is 1. The van der Waals surface area contributed by atoms with Gasteiger partial charge in [0.2, 0.25) is 0 Å². The van der Waals surface area contributed by atoms with E-state index in [0.717, 1.165) is 31.4 Å². The number of benzene rings is 1. The lowest BCUT2D eigenvalue weighted by molar-refractivity contribution is -0.385. The summed E-state index contributed by atoms with van der Waals surface area (Å²) in [6, 6.07) is 2.10. The second-order valence-electron chi connectivity index (χ2n) is 5.53. The molecular weight excluding hydrogens is 275 g/mol. The Labute approximate surface area is 123 Å². The maximum Gasteiger partial charge on any atom is 0.270 e. The smallest absolute Gasteiger partial charge is 0.270 e. The fourth-order valence-electron chi connectivity index (χ4n) is 2.00. The van der Waals surface area contributed by atoms with Crippen LogP contribution in [0.5, 0.6) is 0 Å². The Bertz CT molecular complexity index is 530. The molecule has 1 N–H and O–H groups in total. The molecule has 0 aliphatic heterocycles. The quantitative estimate of drug-likeness (QED) is 0.474. The highest BCUT2D eigenvalue weighted by Crippen LogP contribution is 2.21. The zero-order valence-electron chi connectivity index (χ0n) is 12.6. The van der Waals surface area contributed by atoms with Crippen molar-refractivity contribution in [1.29, 1.82) is 0 Å². The Kier molecular flexibility index (Phi) is 6.27. The number of halogens is 1. The standard InChI is InChI=1S/C15H21FN2O3/c1-10(2)6-4-5-7-17-15(19)13-9-12(18(20)21)8-11(3)14(13)16/h8-10H,4-7H2,1-3H3,(H,17,19). The minimum Gasteiger partial charge on any atom is -0.352 e.